The molecular formula is C15H19N5O4. The third kappa shape index (κ3) is 4.90. The van der Waals surface area contributed by atoms with Gasteiger partial charge in [-0.15, -0.1) is 0 Å². The van der Waals surface area contributed by atoms with Crippen LogP contribution in [0.5, 0.6) is 11.5 Å². The lowest BCUT2D eigenvalue weighted by Gasteiger charge is -2.12. The number of anilines is 1. The molecule has 4 N–H and O–H groups in total. The van der Waals surface area contributed by atoms with Gasteiger partial charge in [-0.2, -0.15) is 0 Å². The van der Waals surface area contributed by atoms with Crippen LogP contribution in [-0.2, 0) is 6.54 Å². The van der Waals surface area contributed by atoms with Crippen molar-refractivity contribution in [2.45, 2.75) is 19.9 Å². The first-order valence-electron chi connectivity index (χ1n) is 7.30. The van der Waals surface area contributed by atoms with Crippen LogP contribution < -0.4 is 10.6 Å². The Bertz CT molecular complexity index is 741. The molecule has 0 bridgehead atoms. The van der Waals surface area contributed by atoms with Crippen molar-refractivity contribution in [2.75, 3.05) is 11.9 Å². The van der Waals surface area contributed by atoms with Crippen LogP contribution in [-0.4, -0.2) is 31.2 Å². The van der Waals surface area contributed by atoms with Crippen molar-refractivity contribution in [2.24, 2.45) is 0 Å². The van der Waals surface area contributed by atoms with E-state index in [9.17, 15) is 20.3 Å². The molecule has 0 fully saturated rings. The summed E-state index contributed by atoms with van der Waals surface area (Å²) in [5.41, 5.74) is 1.46. The van der Waals surface area contributed by atoms with Gasteiger partial charge in [0.25, 0.3) is 6.20 Å². The molecule has 1 aromatic heterocycles. The summed E-state index contributed by atoms with van der Waals surface area (Å²) in [7, 11) is 0. The van der Waals surface area contributed by atoms with Crippen LogP contribution in [0.1, 0.15) is 12.1 Å². The number of nitrogens with zero attached hydrogens (tertiary/aromatic N) is 3. The number of aromatic nitrogens is 2. The van der Waals surface area contributed by atoms with Crippen molar-refractivity contribution in [3.63, 3.8) is 0 Å². The molecule has 0 atom stereocenters. The van der Waals surface area contributed by atoms with Crippen molar-refractivity contribution in [1.82, 2.24) is 14.9 Å². The first-order valence-corrected chi connectivity index (χ1v) is 7.30. The van der Waals surface area contributed by atoms with E-state index in [1.807, 2.05) is 11.5 Å². The smallest absolute Gasteiger partial charge is 0.274 e. The van der Waals surface area contributed by atoms with E-state index in [2.05, 4.69) is 15.6 Å². The van der Waals surface area contributed by atoms with E-state index in [4.69, 9.17) is 0 Å². The minimum absolute atomic E-state index is 0.187. The highest BCUT2D eigenvalue weighted by Crippen LogP contribution is 2.27. The van der Waals surface area contributed by atoms with Crippen LogP contribution in [0.4, 0.5) is 5.69 Å². The number of aryl methyl sites for hydroxylation is 2. The molecule has 9 heteroatoms. The second-order valence-corrected chi connectivity index (χ2v) is 5.17. The first-order chi connectivity index (χ1) is 11.5. The molecule has 0 radical (unpaired) electrons. The molecule has 2 aromatic rings. The Balaban J connectivity index is 1.92. The lowest BCUT2D eigenvalue weighted by molar-refractivity contribution is -0.403. The van der Waals surface area contributed by atoms with Gasteiger partial charge in [0.1, 0.15) is 0 Å². The molecule has 0 amide bonds. The van der Waals surface area contributed by atoms with Crippen molar-refractivity contribution < 1.29 is 15.1 Å². The molecule has 1 aromatic carbocycles. The maximum absolute atomic E-state index is 10.7. The molecule has 1 heterocycles. The van der Waals surface area contributed by atoms with Crippen LogP contribution in [0, 0.1) is 17.0 Å². The van der Waals surface area contributed by atoms with Crippen LogP contribution >= 0.6 is 0 Å². The summed E-state index contributed by atoms with van der Waals surface area (Å²) in [6, 6.07) is 4.07. The van der Waals surface area contributed by atoms with E-state index in [-0.39, 0.29) is 17.3 Å². The van der Waals surface area contributed by atoms with Crippen LogP contribution in [0.3, 0.4) is 0 Å². The van der Waals surface area contributed by atoms with Crippen molar-refractivity contribution in [1.29, 1.82) is 0 Å². The Hall–Kier alpha value is -3.23. The summed E-state index contributed by atoms with van der Waals surface area (Å²) in [6.45, 7) is 3.20. The zero-order valence-electron chi connectivity index (χ0n) is 13.1. The number of nitro groups is 1. The molecule has 0 aliphatic heterocycles. The normalized spacial score (nSPS) is 11.3. The van der Waals surface area contributed by atoms with Crippen molar-refractivity contribution >= 4 is 5.69 Å². The molecule has 0 spiro atoms. The Labute approximate surface area is 138 Å². The number of hydrogen-bond acceptors (Lipinski definition) is 7. The Kier molecular flexibility index (Phi) is 5.61. The van der Waals surface area contributed by atoms with Gasteiger partial charge >= 0.3 is 0 Å². The Morgan fingerprint density at radius 1 is 1.42 bits per heavy atom. The minimum atomic E-state index is -0.574. The zero-order chi connectivity index (χ0) is 17.5. The largest absolute Gasteiger partial charge is 0.504 e. The van der Waals surface area contributed by atoms with Gasteiger partial charge in [-0.1, -0.05) is 0 Å². The van der Waals surface area contributed by atoms with E-state index >= 15 is 0 Å². The predicted octanol–water partition coefficient (Wildman–Crippen LogP) is 1.77. The number of phenolic OH excluding ortho intramolecular Hbond substituents is 2. The quantitative estimate of drug-likeness (QED) is 0.191. The molecule has 0 aliphatic rings. The number of phenols is 2. The minimum Gasteiger partial charge on any atom is -0.504 e. The second kappa shape index (κ2) is 7.86. The summed E-state index contributed by atoms with van der Waals surface area (Å²) >= 11 is 0. The highest BCUT2D eigenvalue weighted by molar-refractivity contribution is 5.55. The molecule has 0 saturated heterocycles. The summed E-state index contributed by atoms with van der Waals surface area (Å²) in [5, 5.41) is 35.2. The number of aromatic hydroxyl groups is 2. The highest BCUT2D eigenvalue weighted by atomic mass is 16.6. The van der Waals surface area contributed by atoms with E-state index in [1.165, 1.54) is 18.2 Å². The lowest BCUT2D eigenvalue weighted by Crippen LogP contribution is -2.23. The monoisotopic (exact) mass is 333 g/mol. The molecular weight excluding hydrogens is 314 g/mol. The molecule has 0 unspecified atom stereocenters. The number of rotatable bonds is 8. The maximum atomic E-state index is 10.7. The third-order valence-corrected chi connectivity index (χ3v) is 3.30. The molecule has 0 saturated carbocycles. The van der Waals surface area contributed by atoms with Crippen LogP contribution in [0.2, 0.25) is 0 Å². The fourth-order valence-corrected chi connectivity index (χ4v) is 2.08. The zero-order valence-corrected chi connectivity index (χ0v) is 13.1. The fraction of sp³-hybridized carbons (Fsp3) is 0.267. The standard InChI is InChI=1S/C15H19N5O4/c1-11-8-16-10-19(11)6-2-5-17-15(9-20(23)24)18-12-3-4-13(21)14(22)7-12/h3-4,7-10,17-18,21-22H,2,5-6H2,1H3/b15-9+. The SMILES string of the molecule is Cc1cncn1CCCN/C(=C\[N+](=O)[O-])Nc1ccc(O)c(O)c1. The van der Waals surface area contributed by atoms with E-state index < -0.39 is 4.92 Å². The number of benzene rings is 1. The summed E-state index contributed by atoms with van der Waals surface area (Å²) < 4.78 is 1.99. The van der Waals surface area contributed by atoms with Crippen molar-refractivity contribution in [3.05, 3.63) is 58.6 Å². The Morgan fingerprint density at radius 2 is 2.21 bits per heavy atom. The van der Waals surface area contributed by atoms with Gasteiger partial charge in [-0.05, 0) is 25.5 Å². The van der Waals surface area contributed by atoms with Gasteiger partial charge in [-0.25, -0.2) is 4.98 Å². The van der Waals surface area contributed by atoms with Gasteiger partial charge in [0.2, 0.25) is 0 Å². The average molecular weight is 333 g/mol. The summed E-state index contributed by atoms with van der Waals surface area (Å²) in [5.74, 6) is -0.382. The molecule has 0 aliphatic carbocycles. The van der Waals surface area contributed by atoms with Crippen molar-refractivity contribution in [3.8, 4) is 11.5 Å². The highest BCUT2D eigenvalue weighted by Gasteiger charge is 2.06. The summed E-state index contributed by atoms with van der Waals surface area (Å²) in [6.07, 6.45) is 5.06. The molecule has 128 valence electrons. The number of nitrogens with one attached hydrogen (secondary N) is 2. The van der Waals surface area contributed by atoms with E-state index in [0.717, 1.165) is 24.9 Å². The summed E-state index contributed by atoms with van der Waals surface area (Å²) in [4.78, 5) is 14.2. The fourth-order valence-electron chi connectivity index (χ4n) is 2.08. The van der Waals surface area contributed by atoms with Gasteiger partial charge in [-0.3, -0.25) is 10.1 Å². The average Bonchev–Trinajstić information content (AvgIpc) is 2.92. The predicted molar refractivity (Wildman–Crippen MR) is 88.1 cm³/mol. The Morgan fingerprint density at radius 3 is 2.83 bits per heavy atom. The van der Waals surface area contributed by atoms with Gasteiger partial charge in [0, 0.05) is 36.7 Å². The second-order valence-electron chi connectivity index (χ2n) is 5.17. The maximum Gasteiger partial charge on any atom is 0.274 e. The molecule has 24 heavy (non-hydrogen) atoms. The third-order valence-electron chi connectivity index (χ3n) is 3.30. The number of hydrogen-bond donors (Lipinski definition) is 4. The lowest BCUT2D eigenvalue weighted by atomic mass is 10.3. The van der Waals surface area contributed by atoms with Gasteiger partial charge in [0.15, 0.2) is 17.3 Å². The van der Waals surface area contributed by atoms with E-state index in [1.54, 1.807) is 12.5 Å². The number of imidazole rings is 1. The molecule has 2 rings (SSSR count). The van der Waals surface area contributed by atoms with Gasteiger partial charge < -0.3 is 25.4 Å². The van der Waals surface area contributed by atoms with E-state index in [0.29, 0.717) is 12.2 Å². The van der Waals surface area contributed by atoms with Gasteiger partial charge in [0.05, 0.1) is 11.3 Å². The molecule has 9 nitrogen and oxygen atoms in total. The van der Waals surface area contributed by atoms with Crippen LogP contribution in [0.25, 0.3) is 0 Å². The first kappa shape index (κ1) is 17.1. The van der Waals surface area contributed by atoms with Crippen LogP contribution in [0.15, 0.2) is 42.7 Å². The topological polar surface area (TPSA) is 125 Å².